The number of nitrogens with one attached hydrogen (secondary N) is 1. The van der Waals surface area contributed by atoms with E-state index in [1.54, 1.807) is 0 Å². The number of aromatic amines is 1. The molecule has 0 saturated carbocycles. The van der Waals surface area contributed by atoms with Gasteiger partial charge in [-0.25, -0.2) is 28.9 Å². The molecular weight excluding hydrogens is 697 g/mol. The van der Waals surface area contributed by atoms with Gasteiger partial charge < -0.3 is 39.6 Å². The van der Waals surface area contributed by atoms with Crippen LogP contribution in [0.3, 0.4) is 0 Å². The fraction of sp³-hybridized carbons (Fsp3) is 0.524. The molecule has 0 amide bonds. The lowest BCUT2D eigenvalue weighted by Gasteiger charge is -2.36. The Morgan fingerprint density at radius 2 is 1.83 bits per heavy atom. The number of nitrogen functional groups attached to an aromatic ring is 2. The van der Waals surface area contributed by atoms with Gasteiger partial charge in [0.1, 0.15) is 48.6 Å². The second-order valence-corrected chi connectivity index (χ2v) is 16.4. The van der Waals surface area contributed by atoms with Crippen LogP contribution >= 0.6 is 25.8 Å². The van der Waals surface area contributed by atoms with Crippen LogP contribution in [-0.2, 0) is 48.7 Å². The topological polar surface area (TPSA) is 264 Å². The molecule has 0 spiro atoms. The average Bonchev–Trinajstić information content (AvgIpc) is 3.80. The van der Waals surface area contributed by atoms with Crippen molar-refractivity contribution in [2.24, 2.45) is 0 Å². The van der Waals surface area contributed by atoms with Crippen molar-refractivity contribution in [2.45, 2.75) is 48.6 Å². The molecule has 8 heterocycles. The Morgan fingerprint density at radius 3 is 2.63 bits per heavy atom. The van der Waals surface area contributed by atoms with Crippen LogP contribution in [0.5, 0.6) is 0 Å². The smallest absolute Gasteiger partial charge is 0.386 e. The molecule has 10 atom stereocenters. The summed E-state index contributed by atoms with van der Waals surface area (Å²) in [5.41, 5.74) is 9.77. The van der Waals surface area contributed by atoms with Crippen molar-refractivity contribution in [3.63, 3.8) is 0 Å². The third kappa shape index (κ3) is 4.89. The Morgan fingerprint density at radius 1 is 1.07 bits per heavy atom. The molecule has 5 N–H and O–H groups in total. The highest BCUT2D eigenvalue weighted by Crippen LogP contribution is 2.60. The monoisotopic (exact) mass is 719 g/mol. The average molecular weight is 720 g/mol. The molecule has 4 aromatic rings. The fourth-order valence-corrected chi connectivity index (χ4v) is 8.85. The molecule has 4 fully saturated rings. The van der Waals surface area contributed by atoms with Gasteiger partial charge in [-0.05, 0) is 0 Å². The maximum atomic E-state index is 15.9. The van der Waals surface area contributed by atoms with Gasteiger partial charge in [0.05, 0.1) is 32.5 Å². The number of halogens is 1. The summed E-state index contributed by atoms with van der Waals surface area (Å²) in [6, 6.07) is 0. The summed E-state index contributed by atoms with van der Waals surface area (Å²) in [6.45, 7) is -10.3. The molecule has 2 unspecified atom stereocenters. The van der Waals surface area contributed by atoms with Gasteiger partial charge in [0.25, 0.3) is 5.56 Å². The van der Waals surface area contributed by atoms with E-state index in [0.717, 1.165) is 6.33 Å². The molecule has 25 heteroatoms. The number of aromatic nitrogens is 8. The van der Waals surface area contributed by atoms with E-state index in [0.29, 0.717) is 11.2 Å². The molecule has 4 saturated heterocycles. The van der Waals surface area contributed by atoms with Crippen molar-refractivity contribution in [1.29, 1.82) is 0 Å². The minimum absolute atomic E-state index is 0.0812. The zero-order valence-corrected chi connectivity index (χ0v) is 26.4. The molecule has 4 aromatic heterocycles. The van der Waals surface area contributed by atoms with E-state index in [2.05, 4.69) is 42.2 Å². The van der Waals surface area contributed by atoms with Gasteiger partial charge in [-0.1, -0.05) is 24.1 Å². The number of H-pyrrole nitrogens is 1. The van der Waals surface area contributed by atoms with Crippen LogP contribution in [0.1, 0.15) is 12.5 Å². The highest BCUT2D eigenvalue weighted by molar-refractivity contribution is 8.44. The number of thiol groups is 1. The van der Waals surface area contributed by atoms with E-state index in [4.69, 9.17) is 55.6 Å². The fourth-order valence-electron chi connectivity index (χ4n) is 5.94. The Kier molecular flexibility index (Phi) is 7.11. The lowest BCUT2D eigenvalue weighted by molar-refractivity contribution is -0.218. The van der Waals surface area contributed by atoms with Crippen LogP contribution < -0.4 is 21.9 Å². The Balaban J connectivity index is 1.14. The van der Waals surface area contributed by atoms with E-state index < -0.39 is 80.9 Å². The van der Waals surface area contributed by atoms with E-state index in [9.17, 15) is 14.3 Å². The molecule has 246 valence electrons. The highest BCUT2D eigenvalue weighted by Gasteiger charge is 2.65. The van der Waals surface area contributed by atoms with Crippen LogP contribution in [0.4, 0.5) is 16.2 Å². The van der Waals surface area contributed by atoms with E-state index in [1.165, 1.54) is 21.8 Å². The first-order valence-electron chi connectivity index (χ1n) is 13.4. The quantitative estimate of drug-likeness (QED) is 0.150. The number of hydrogen-bond donors (Lipinski definition) is 4. The van der Waals surface area contributed by atoms with E-state index in [-0.39, 0.29) is 29.5 Å². The molecule has 4 bridgehead atoms. The van der Waals surface area contributed by atoms with Gasteiger partial charge in [-0.15, -0.1) is 0 Å². The number of alkyl halides is 1. The summed E-state index contributed by atoms with van der Waals surface area (Å²) in [7, 11) is 0. The molecule has 4 aliphatic rings. The lowest BCUT2D eigenvalue weighted by Crippen LogP contribution is -2.46. The number of nitrogens with two attached hydrogens (primary N) is 2. The van der Waals surface area contributed by atoms with Crippen LogP contribution in [0.15, 0.2) is 23.8 Å². The first-order valence-corrected chi connectivity index (χ1v) is 18.6. The zero-order chi connectivity index (χ0) is 32.2. The van der Waals surface area contributed by atoms with Crippen LogP contribution in [0.2, 0.25) is 0 Å². The summed E-state index contributed by atoms with van der Waals surface area (Å²) in [5.74, 6) is -0.123. The van der Waals surface area contributed by atoms with Gasteiger partial charge >= 0.3 is 6.80 Å². The molecule has 4 aliphatic heterocycles. The second-order valence-electron chi connectivity index (χ2n) is 10.8. The Labute approximate surface area is 265 Å². The number of nitrogens with zero attached hydrogens (tertiary/aromatic N) is 7. The van der Waals surface area contributed by atoms with Crippen molar-refractivity contribution >= 4 is 71.7 Å². The van der Waals surface area contributed by atoms with E-state index >= 15 is 4.39 Å². The maximum Gasteiger partial charge on any atom is 0.386 e. The van der Waals surface area contributed by atoms with Gasteiger partial charge in [-0.2, -0.15) is 4.98 Å². The van der Waals surface area contributed by atoms with Crippen LogP contribution in [0, 0.1) is 0 Å². The van der Waals surface area contributed by atoms with E-state index in [1.807, 2.05) is 0 Å². The minimum Gasteiger partial charge on any atom is -0.780 e. The summed E-state index contributed by atoms with van der Waals surface area (Å²) in [5, 5.41) is 0. The number of anilines is 2. The van der Waals surface area contributed by atoms with Crippen LogP contribution in [-0.4, -0.2) is 95.0 Å². The first kappa shape index (κ1) is 30.7. The Hall–Kier alpha value is -2.66. The number of ether oxygens (including phenoxy) is 3. The normalized spacial score (nSPS) is 39.7. The minimum atomic E-state index is -4.45. The molecule has 0 radical (unpaired) electrons. The van der Waals surface area contributed by atoms with Crippen molar-refractivity contribution < 1.29 is 46.2 Å². The maximum absolute atomic E-state index is 15.9. The van der Waals surface area contributed by atoms with Crippen molar-refractivity contribution in [3.05, 3.63) is 29.3 Å². The summed E-state index contributed by atoms with van der Waals surface area (Å²) in [4.78, 5) is 48.6. The Bertz CT molecular complexity index is 2040. The summed E-state index contributed by atoms with van der Waals surface area (Å²) in [6.07, 6.45) is -6.06. The highest BCUT2D eigenvalue weighted by atomic mass is 32.7. The standard InChI is InChI=1S/C21H23FN10O10P2S2/c22-8-7-1-37-43(34,45)42-13-12-19(31-5-27-9-14(23)25-4-26-15(9)31)40-21(13,2-36-12)3-38-44(35,46)41-11(8)18(39-7)32-6-28-10-16(32)29-20(24)30-17(10)33/h4-8,11-13,18-19H,1-3H2,(H,34,45)(H,35,46)(H2,23,25,26)(H3,24,29,30,33)/p-1/t7-,8-,11-,12-,13+,18-,19-,21-,43?,44?/m1/s1. The van der Waals surface area contributed by atoms with Gasteiger partial charge in [-0.3, -0.25) is 28.0 Å². The third-order valence-electron chi connectivity index (χ3n) is 7.99. The largest absolute Gasteiger partial charge is 0.780 e. The zero-order valence-electron chi connectivity index (χ0n) is 22.9. The first-order chi connectivity index (χ1) is 21.8. The van der Waals surface area contributed by atoms with Gasteiger partial charge in [0.15, 0.2) is 41.3 Å². The summed E-state index contributed by atoms with van der Waals surface area (Å²) >= 11 is 9.29. The number of fused-ring (bicyclic) bond motifs is 4. The molecule has 8 rings (SSSR count). The molecule has 20 nitrogen and oxygen atoms in total. The number of imidazole rings is 2. The number of rotatable bonds is 2. The van der Waals surface area contributed by atoms with Crippen molar-refractivity contribution in [2.75, 3.05) is 31.3 Å². The predicted molar refractivity (Wildman–Crippen MR) is 156 cm³/mol. The summed E-state index contributed by atoms with van der Waals surface area (Å²) < 4.78 is 73.0. The SMILES string of the molecule is Nc1nc2c(ncn2[C@@H]2O[C@@H]3COP([O-])(=S)O[C@H]4[C@H]5OC[C@]4(COP(=O)(S)O[C@@H]2[C@@H]3F)O[C@H]5n2cnc3c(N)ncnc32)c(=O)[nH]1. The van der Waals surface area contributed by atoms with Crippen molar-refractivity contribution in [1.82, 2.24) is 39.0 Å². The van der Waals surface area contributed by atoms with Gasteiger partial charge in [0.2, 0.25) is 5.95 Å². The third-order valence-corrected chi connectivity index (χ3v) is 11.1. The predicted octanol–water partition coefficient (Wildman–Crippen LogP) is -0.534. The molecule has 46 heavy (non-hydrogen) atoms. The molecule has 0 aromatic carbocycles. The van der Waals surface area contributed by atoms with Crippen molar-refractivity contribution in [3.8, 4) is 0 Å². The molecule has 0 aliphatic carbocycles. The number of hydrogen-bond acceptors (Lipinski definition) is 18. The second kappa shape index (κ2) is 10.7. The molecular formula is C21H22FN10O10P2S2-. The lowest BCUT2D eigenvalue weighted by atomic mass is 10.0. The van der Waals surface area contributed by atoms with Crippen LogP contribution in [0.25, 0.3) is 22.3 Å². The van der Waals surface area contributed by atoms with Gasteiger partial charge in [0, 0.05) is 0 Å².